The zero-order valence-electron chi connectivity index (χ0n) is 7.56. The molecule has 0 aromatic heterocycles. The lowest BCUT2D eigenvalue weighted by Crippen LogP contribution is -2.04. The fourth-order valence-corrected chi connectivity index (χ4v) is 0.899. The number of carbonyl (C=O) groups excluding carboxylic acids is 1. The van der Waals surface area contributed by atoms with Crippen molar-refractivity contribution < 1.29 is 9.53 Å². The second-order valence-electron chi connectivity index (χ2n) is 2.58. The van der Waals surface area contributed by atoms with Crippen LogP contribution in [0.1, 0.15) is 15.9 Å². The molecule has 0 spiro atoms. The van der Waals surface area contributed by atoms with Gasteiger partial charge in [-0.2, -0.15) is 5.26 Å². The van der Waals surface area contributed by atoms with E-state index < -0.39 is 5.97 Å². The molecule has 0 amide bonds. The second-order valence-corrected chi connectivity index (χ2v) is 2.58. The van der Waals surface area contributed by atoms with Crippen molar-refractivity contribution in [2.75, 3.05) is 6.61 Å². The van der Waals surface area contributed by atoms with E-state index in [0.717, 1.165) is 0 Å². The lowest BCUT2D eigenvalue weighted by molar-refractivity contribution is 0.0550. The van der Waals surface area contributed by atoms with Crippen LogP contribution in [0.2, 0.25) is 0 Å². The van der Waals surface area contributed by atoms with Crippen LogP contribution in [-0.4, -0.2) is 12.6 Å². The Kier molecular flexibility index (Phi) is 3.45. The summed E-state index contributed by atoms with van der Waals surface area (Å²) in [7, 11) is 0. The molecule has 0 unspecified atom stereocenters. The highest BCUT2D eigenvalue weighted by molar-refractivity contribution is 5.89. The summed E-state index contributed by atoms with van der Waals surface area (Å²) in [6, 6.07) is 8.23. The maximum atomic E-state index is 11.3. The molecule has 0 bridgehead atoms. The molecule has 0 aliphatic carbocycles. The lowest BCUT2D eigenvalue weighted by atomic mass is 10.1. The highest BCUT2D eigenvalue weighted by atomic mass is 16.5. The van der Waals surface area contributed by atoms with E-state index in [0.29, 0.717) is 11.1 Å². The van der Waals surface area contributed by atoms with E-state index in [1.54, 1.807) is 24.3 Å². The van der Waals surface area contributed by atoms with E-state index in [9.17, 15) is 4.79 Å². The molecule has 0 fully saturated rings. The van der Waals surface area contributed by atoms with Gasteiger partial charge < -0.3 is 4.74 Å². The van der Waals surface area contributed by atoms with Gasteiger partial charge in [-0.15, -0.1) is 0 Å². The van der Waals surface area contributed by atoms with Crippen molar-refractivity contribution in [3.63, 3.8) is 0 Å². The summed E-state index contributed by atoms with van der Waals surface area (Å²) in [5.74, 6) is -0.408. The largest absolute Gasteiger partial charge is 0.458 e. The highest BCUT2D eigenvalue weighted by Gasteiger charge is 2.04. The normalized spacial score (nSPS) is 8.79. The van der Waals surface area contributed by atoms with Crippen LogP contribution in [0.15, 0.2) is 36.9 Å². The summed E-state index contributed by atoms with van der Waals surface area (Å²) in [6.07, 6.45) is 1.50. The first-order valence-electron chi connectivity index (χ1n) is 4.06. The summed E-state index contributed by atoms with van der Waals surface area (Å²) < 4.78 is 4.81. The Bertz CT molecular complexity index is 373. The minimum Gasteiger partial charge on any atom is -0.458 e. The Morgan fingerprint density at radius 1 is 1.50 bits per heavy atom. The maximum Gasteiger partial charge on any atom is 0.338 e. The van der Waals surface area contributed by atoms with Gasteiger partial charge in [-0.1, -0.05) is 12.7 Å². The molecule has 0 radical (unpaired) electrons. The first-order chi connectivity index (χ1) is 6.77. The summed E-state index contributed by atoms with van der Waals surface area (Å²) in [4.78, 5) is 11.3. The topological polar surface area (TPSA) is 50.1 Å². The minimum atomic E-state index is -0.408. The Hall–Kier alpha value is -2.08. The summed E-state index contributed by atoms with van der Waals surface area (Å²) in [5.41, 5.74) is 0.955. The molecule has 0 saturated heterocycles. The van der Waals surface area contributed by atoms with Gasteiger partial charge in [0.2, 0.25) is 0 Å². The summed E-state index contributed by atoms with van der Waals surface area (Å²) >= 11 is 0. The van der Waals surface area contributed by atoms with Crippen LogP contribution in [0, 0.1) is 11.3 Å². The van der Waals surface area contributed by atoms with E-state index in [-0.39, 0.29) is 6.61 Å². The number of ether oxygens (including phenoxy) is 1. The Balaban J connectivity index is 2.72. The molecule has 0 aliphatic rings. The third-order valence-electron chi connectivity index (χ3n) is 1.58. The molecule has 0 heterocycles. The molecule has 0 atom stereocenters. The van der Waals surface area contributed by atoms with Gasteiger partial charge in [-0.25, -0.2) is 4.79 Å². The zero-order chi connectivity index (χ0) is 10.4. The van der Waals surface area contributed by atoms with Crippen molar-refractivity contribution >= 4 is 5.97 Å². The van der Waals surface area contributed by atoms with Crippen LogP contribution in [0.3, 0.4) is 0 Å². The van der Waals surface area contributed by atoms with Gasteiger partial charge in [0.25, 0.3) is 0 Å². The third-order valence-corrected chi connectivity index (χ3v) is 1.58. The average molecular weight is 187 g/mol. The van der Waals surface area contributed by atoms with Crippen LogP contribution < -0.4 is 0 Å². The first kappa shape index (κ1) is 10.0. The van der Waals surface area contributed by atoms with Crippen molar-refractivity contribution in [1.82, 2.24) is 0 Å². The first-order valence-corrected chi connectivity index (χ1v) is 4.06. The smallest absolute Gasteiger partial charge is 0.338 e. The van der Waals surface area contributed by atoms with Crippen molar-refractivity contribution in [3.05, 3.63) is 48.0 Å². The molecule has 0 N–H and O–H groups in total. The van der Waals surface area contributed by atoms with Gasteiger partial charge in [-0.05, 0) is 24.3 Å². The lowest BCUT2D eigenvalue weighted by Gasteiger charge is -2.00. The van der Waals surface area contributed by atoms with E-state index in [1.807, 2.05) is 6.07 Å². The van der Waals surface area contributed by atoms with Crippen molar-refractivity contribution in [2.45, 2.75) is 0 Å². The maximum absolute atomic E-state index is 11.3. The molecule has 70 valence electrons. The van der Waals surface area contributed by atoms with E-state index in [4.69, 9.17) is 10.00 Å². The van der Waals surface area contributed by atoms with Crippen LogP contribution in [-0.2, 0) is 4.74 Å². The second kappa shape index (κ2) is 4.83. The Morgan fingerprint density at radius 3 is 2.64 bits per heavy atom. The van der Waals surface area contributed by atoms with Gasteiger partial charge in [0.15, 0.2) is 0 Å². The highest BCUT2D eigenvalue weighted by Crippen LogP contribution is 2.04. The molecular formula is C11H9NO2. The monoisotopic (exact) mass is 187 g/mol. The molecule has 14 heavy (non-hydrogen) atoms. The quantitative estimate of drug-likeness (QED) is 0.536. The zero-order valence-corrected chi connectivity index (χ0v) is 7.56. The number of hydrogen-bond acceptors (Lipinski definition) is 3. The number of esters is 1. The Labute approximate surface area is 82.2 Å². The number of benzene rings is 1. The minimum absolute atomic E-state index is 0.193. The van der Waals surface area contributed by atoms with Gasteiger partial charge >= 0.3 is 5.97 Å². The molecule has 3 heteroatoms. The van der Waals surface area contributed by atoms with E-state index >= 15 is 0 Å². The number of hydrogen-bond donors (Lipinski definition) is 0. The molecule has 0 saturated carbocycles. The van der Waals surface area contributed by atoms with Crippen molar-refractivity contribution in [2.24, 2.45) is 0 Å². The van der Waals surface area contributed by atoms with Gasteiger partial charge in [0, 0.05) is 0 Å². The van der Waals surface area contributed by atoms with Gasteiger partial charge in [-0.3, -0.25) is 0 Å². The fraction of sp³-hybridized carbons (Fsp3) is 0.0909. The van der Waals surface area contributed by atoms with Crippen molar-refractivity contribution in [1.29, 1.82) is 5.26 Å². The summed E-state index contributed by atoms with van der Waals surface area (Å²) in [5, 5.41) is 8.53. The molecular weight excluding hydrogens is 178 g/mol. The number of nitriles is 1. The van der Waals surface area contributed by atoms with Crippen LogP contribution >= 0.6 is 0 Å². The van der Waals surface area contributed by atoms with Crippen molar-refractivity contribution in [3.8, 4) is 6.07 Å². The molecule has 0 aliphatic heterocycles. The fourth-order valence-electron chi connectivity index (χ4n) is 0.899. The predicted molar refractivity (Wildman–Crippen MR) is 51.6 cm³/mol. The van der Waals surface area contributed by atoms with Crippen LogP contribution in [0.4, 0.5) is 0 Å². The number of carbonyl (C=O) groups is 1. The van der Waals surface area contributed by atoms with Gasteiger partial charge in [0.05, 0.1) is 17.2 Å². The SMILES string of the molecule is C=CCOC(=O)c1ccc(C#N)cc1. The molecule has 1 rings (SSSR count). The van der Waals surface area contributed by atoms with Crippen LogP contribution in [0.25, 0.3) is 0 Å². The predicted octanol–water partition coefficient (Wildman–Crippen LogP) is 1.90. The third kappa shape index (κ3) is 2.46. The molecule has 1 aromatic carbocycles. The summed E-state index contributed by atoms with van der Waals surface area (Å²) in [6.45, 7) is 3.63. The Morgan fingerprint density at radius 2 is 2.14 bits per heavy atom. The number of rotatable bonds is 3. The molecule has 1 aromatic rings. The average Bonchev–Trinajstić information content (AvgIpc) is 2.26. The molecule has 3 nitrogen and oxygen atoms in total. The number of nitrogens with zero attached hydrogens (tertiary/aromatic N) is 1. The van der Waals surface area contributed by atoms with E-state index in [2.05, 4.69) is 6.58 Å². The van der Waals surface area contributed by atoms with Crippen LogP contribution in [0.5, 0.6) is 0 Å². The van der Waals surface area contributed by atoms with E-state index in [1.165, 1.54) is 6.08 Å². The van der Waals surface area contributed by atoms with Gasteiger partial charge in [0.1, 0.15) is 6.61 Å². The standard InChI is InChI=1S/C11H9NO2/c1-2-7-14-11(13)10-5-3-9(8-12)4-6-10/h2-6H,1,7H2.